The van der Waals surface area contributed by atoms with E-state index in [1.807, 2.05) is 54.6 Å². The van der Waals surface area contributed by atoms with Crippen molar-refractivity contribution >= 4 is 27.9 Å². The number of rotatable bonds is 5. The van der Waals surface area contributed by atoms with E-state index in [0.29, 0.717) is 19.5 Å². The highest BCUT2D eigenvalue weighted by Crippen LogP contribution is 2.15. The van der Waals surface area contributed by atoms with Crippen molar-refractivity contribution in [3.8, 4) is 0 Å². The van der Waals surface area contributed by atoms with Crippen molar-refractivity contribution < 1.29 is 14.3 Å². The first-order valence-electron chi connectivity index (χ1n) is 8.09. The van der Waals surface area contributed by atoms with E-state index in [2.05, 4.69) is 21.2 Å². The average Bonchev–Trinajstić information content (AvgIpc) is 2.56. The molecule has 0 unspecified atom stereocenters. The van der Waals surface area contributed by atoms with E-state index in [9.17, 15) is 9.59 Å². The predicted octanol–water partition coefficient (Wildman–Crippen LogP) is 3.13. The summed E-state index contributed by atoms with van der Waals surface area (Å²) in [6.45, 7) is 1.28. The highest BCUT2D eigenvalue weighted by molar-refractivity contribution is 9.10. The third-order valence-corrected chi connectivity index (χ3v) is 4.51. The molecular weight excluding hydrogens is 384 g/mol. The van der Waals surface area contributed by atoms with Crippen LogP contribution >= 0.6 is 15.9 Å². The minimum Gasteiger partial charge on any atom is -0.445 e. The standard InChI is InChI=1S/C19H19BrN2O3/c20-16-8-4-7-15(9-16)10-18(23)22-11-17(12-22)21-19(24)25-13-14-5-2-1-3-6-14/h1-9,17H,10-13H2,(H,21,24). The molecule has 130 valence electrons. The maximum atomic E-state index is 12.2. The average molecular weight is 403 g/mol. The second-order valence-electron chi connectivity index (χ2n) is 6.01. The van der Waals surface area contributed by atoms with Crippen molar-refractivity contribution in [2.24, 2.45) is 0 Å². The minimum atomic E-state index is -0.451. The van der Waals surface area contributed by atoms with Gasteiger partial charge in [0, 0.05) is 17.6 Å². The number of benzene rings is 2. The number of amides is 2. The molecule has 1 N–H and O–H groups in total. The Bertz CT molecular complexity index is 745. The fourth-order valence-corrected chi connectivity index (χ4v) is 3.08. The second kappa shape index (κ2) is 8.16. The van der Waals surface area contributed by atoms with Gasteiger partial charge in [0.15, 0.2) is 0 Å². The summed E-state index contributed by atoms with van der Waals surface area (Å²) in [5.74, 6) is 0.0637. The summed E-state index contributed by atoms with van der Waals surface area (Å²) in [6.07, 6.45) is -0.0853. The smallest absolute Gasteiger partial charge is 0.407 e. The Morgan fingerprint density at radius 1 is 1.08 bits per heavy atom. The number of alkyl carbamates (subject to hydrolysis) is 1. The summed E-state index contributed by atoms with van der Waals surface area (Å²) in [5.41, 5.74) is 1.91. The van der Waals surface area contributed by atoms with Crippen LogP contribution in [0, 0.1) is 0 Å². The summed E-state index contributed by atoms with van der Waals surface area (Å²) < 4.78 is 6.14. The summed E-state index contributed by atoms with van der Waals surface area (Å²) in [4.78, 5) is 25.7. The molecule has 0 atom stereocenters. The van der Waals surface area contributed by atoms with E-state index >= 15 is 0 Å². The number of carbonyl (C=O) groups excluding carboxylic acids is 2. The maximum Gasteiger partial charge on any atom is 0.407 e. The van der Waals surface area contributed by atoms with Gasteiger partial charge in [-0.3, -0.25) is 4.79 Å². The van der Waals surface area contributed by atoms with Crippen LogP contribution in [0.5, 0.6) is 0 Å². The molecule has 1 aliphatic heterocycles. The van der Waals surface area contributed by atoms with E-state index in [-0.39, 0.29) is 18.6 Å². The van der Waals surface area contributed by atoms with E-state index < -0.39 is 6.09 Å². The molecule has 2 aromatic rings. The summed E-state index contributed by atoms with van der Waals surface area (Å²) >= 11 is 3.40. The zero-order valence-electron chi connectivity index (χ0n) is 13.7. The Morgan fingerprint density at radius 2 is 1.80 bits per heavy atom. The molecule has 0 aliphatic carbocycles. The van der Waals surface area contributed by atoms with Gasteiger partial charge in [0.25, 0.3) is 0 Å². The van der Waals surface area contributed by atoms with Crippen LogP contribution in [0.25, 0.3) is 0 Å². The molecule has 0 spiro atoms. The lowest BCUT2D eigenvalue weighted by molar-refractivity contribution is -0.135. The van der Waals surface area contributed by atoms with Crippen molar-refractivity contribution in [1.82, 2.24) is 10.2 Å². The van der Waals surface area contributed by atoms with Crippen molar-refractivity contribution in [2.45, 2.75) is 19.1 Å². The number of hydrogen-bond donors (Lipinski definition) is 1. The van der Waals surface area contributed by atoms with Crippen LogP contribution in [0.3, 0.4) is 0 Å². The fraction of sp³-hybridized carbons (Fsp3) is 0.263. The van der Waals surface area contributed by atoms with E-state index in [1.54, 1.807) is 4.90 Å². The Morgan fingerprint density at radius 3 is 2.52 bits per heavy atom. The summed E-state index contributed by atoms with van der Waals surface area (Å²) in [6, 6.07) is 17.2. The predicted molar refractivity (Wildman–Crippen MR) is 98.0 cm³/mol. The number of nitrogens with zero attached hydrogens (tertiary/aromatic N) is 1. The van der Waals surface area contributed by atoms with Crippen molar-refractivity contribution in [3.63, 3.8) is 0 Å². The van der Waals surface area contributed by atoms with Gasteiger partial charge in [0.1, 0.15) is 6.61 Å². The van der Waals surface area contributed by atoms with Gasteiger partial charge in [-0.05, 0) is 23.3 Å². The van der Waals surface area contributed by atoms with Gasteiger partial charge in [-0.15, -0.1) is 0 Å². The van der Waals surface area contributed by atoms with Gasteiger partial charge in [0.05, 0.1) is 12.5 Å². The molecule has 6 heteroatoms. The normalized spacial score (nSPS) is 13.9. The van der Waals surface area contributed by atoms with Gasteiger partial charge in [-0.25, -0.2) is 4.79 Å². The quantitative estimate of drug-likeness (QED) is 0.835. The topological polar surface area (TPSA) is 58.6 Å². The number of halogens is 1. The van der Waals surface area contributed by atoms with Gasteiger partial charge in [-0.1, -0.05) is 58.4 Å². The van der Waals surface area contributed by atoms with Crippen LogP contribution in [0.15, 0.2) is 59.1 Å². The highest BCUT2D eigenvalue weighted by atomic mass is 79.9. The first-order valence-corrected chi connectivity index (χ1v) is 8.89. The Hall–Kier alpha value is -2.34. The van der Waals surface area contributed by atoms with E-state index in [4.69, 9.17) is 4.74 Å². The van der Waals surface area contributed by atoms with Crippen molar-refractivity contribution in [2.75, 3.05) is 13.1 Å². The first kappa shape index (κ1) is 17.5. The molecule has 2 amide bonds. The fourth-order valence-electron chi connectivity index (χ4n) is 2.64. The molecule has 2 aromatic carbocycles. The minimum absolute atomic E-state index is 0.0465. The zero-order valence-corrected chi connectivity index (χ0v) is 15.2. The molecule has 25 heavy (non-hydrogen) atoms. The lowest BCUT2D eigenvalue weighted by Gasteiger charge is -2.39. The van der Waals surface area contributed by atoms with Crippen LogP contribution < -0.4 is 5.32 Å². The molecule has 1 saturated heterocycles. The number of nitrogens with one attached hydrogen (secondary N) is 1. The number of ether oxygens (including phenoxy) is 1. The molecule has 0 aromatic heterocycles. The highest BCUT2D eigenvalue weighted by Gasteiger charge is 2.31. The molecule has 1 fully saturated rings. The number of likely N-dealkylation sites (tertiary alicyclic amines) is 1. The molecule has 1 aliphatic rings. The molecule has 0 saturated carbocycles. The van der Waals surface area contributed by atoms with Gasteiger partial charge in [-0.2, -0.15) is 0 Å². The lowest BCUT2D eigenvalue weighted by atomic mass is 10.1. The van der Waals surface area contributed by atoms with Gasteiger partial charge < -0.3 is 15.0 Å². The maximum absolute atomic E-state index is 12.2. The molecule has 1 heterocycles. The second-order valence-corrected chi connectivity index (χ2v) is 6.92. The SMILES string of the molecule is O=C(NC1CN(C(=O)Cc2cccc(Br)c2)C1)OCc1ccccc1. The number of hydrogen-bond acceptors (Lipinski definition) is 3. The molecule has 5 nitrogen and oxygen atoms in total. The Kier molecular flexibility index (Phi) is 5.71. The largest absolute Gasteiger partial charge is 0.445 e. The van der Waals surface area contributed by atoms with E-state index in [0.717, 1.165) is 15.6 Å². The van der Waals surface area contributed by atoms with Crippen LogP contribution in [0.4, 0.5) is 4.79 Å². The van der Waals surface area contributed by atoms with Crippen LogP contribution in [-0.2, 0) is 22.6 Å². The molecular formula is C19H19BrN2O3. The summed E-state index contributed by atoms with van der Waals surface area (Å²) in [7, 11) is 0. The van der Waals surface area contributed by atoms with Crippen molar-refractivity contribution in [3.05, 3.63) is 70.2 Å². The van der Waals surface area contributed by atoms with E-state index in [1.165, 1.54) is 0 Å². The van der Waals surface area contributed by atoms with Gasteiger partial charge in [0.2, 0.25) is 5.91 Å². The molecule has 0 bridgehead atoms. The monoisotopic (exact) mass is 402 g/mol. The third-order valence-electron chi connectivity index (χ3n) is 4.01. The first-order chi connectivity index (χ1) is 12.1. The number of carbonyl (C=O) groups is 2. The van der Waals surface area contributed by atoms with Crippen LogP contribution in [0.1, 0.15) is 11.1 Å². The van der Waals surface area contributed by atoms with Crippen LogP contribution in [-0.4, -0.2) is 36.0 Å². The Balaban J connectivity index is 1.37. The molecule has 0 radical (unpaired) electrons. The summed E-state index contributed by atoms with van der Waals surface area (Å²) in [5, 5.41) is 2.78. The lowest BCUT2D eigenvalue weighted by Crippen LogP contribution is -2.61. The van der Waals surface area contributed by atoms with Crippen molar-refractivity contribution in [1.29, 1.82) is 0 Å². The Labute approximate surface area is 155 Å². The van der Waals surface area contributed by atoms with Crippen LogP contribution in [0.2, 0.25) is 0 Å². The third kappa shape index (κ3) is 5.06. The van der Waals surface area contributed by atoms with Gasteiger partial charge >= 0.3 is 6.09 Å². The molecule has 3 rings (SSSR count). The zero-order chi connectivity index (χ0) is 17.6.